The van der Waals surface area contributed by atoms with Crippen molar-refractivity contribution in [1.29, 1.82) is 0 Å². The standard InChI is InChI=1S/C14H20ClNO2/c1-10-5-13(18-2)11(6-12(10)15)7-16-8-14(9-17)3-4-14/h5-6,16-17H,3-4,7-9H2,1-2H3. The van der Waals surface area contributed by atoms with E-state index in [1.807, 2.05) is 19.1 Å². The van der Waals surface area contributed by atoms with Crippen molar-refractivity contribution in [1.82, 2.24) is 5.32 Å². The highest BCUT2D eigenvalue weighted by molar-refractivity contribution is 6.31. The lowest BCUT2D eigenvalue weighted by Gasteiger charge is -2.15. The zero-order valence-electron chi connectivity index (χ0n) is 10.9. The summed E-state index contributed by atoms with van der Waals surface area (Å²) in [5.41, 5.74) is 2.20. The Labute approximate surface area is 113 Å². The summed E-state index contributed by atoms with van der Waals surface area (Å²) in [6.45, 7) is 3.79. The first kappa shape index (κ1) is 13.7. The molecule has 1 aromatic carbocycles. The first-order chi connectivity index (χ1) is 8.60. The Morgan fingerprint density at radius 3 is 2.72 bits per heavy atom. The normalized spacial score (nSPS) is 16.7. The molecule has 0 heterocycles. The molecule has 1 aromatic rings. The molecule has 1 saturated carbocycles. The maximum Gasteiger partial charge on any atom is 0.123 e. The molecule has 0 radical (unpaired) electrons. The van der Waals surface area contributed by atoms with E-state index in [0.29, 0.717) is 6.54 Å². The number of hydrogen-bond acceptors (Lipinski definition) is 3. The van der Waals surface area contributed by atoms with E-state index in [4.69, 9.17) is 16.3 Å². The highest BCUT2D eigenvalue weighted by Crippen LogP contribution is 2.44. The quantitative estimate of drug-likeness (QED) is 0.834. The lowest BCUT2D eigenvalue weighted by Crippen LogP contribution is -2.26. The van der Waals surface area contributed by atoms with E-state index in [9.17, 15) is 5.11 Å². The smallest absolute Gasteiger partial charge is 0.123 e. The molecule has 0 bridgehead atoms. The van der Waals surface area contributed by atoms with Crippen LogP contribution in [0, 0.1) is 12.3 Å². The van der Waals surface area contributed by atoms with Crippen molar-refractivity contribution in [3.05, 3.63) is 28.3 Å². The fourth-order valence-electron chi connectivity index (χ4n) is 2.05. The topological polar surface area (TPSA) is 41.5 Å². The van der Waals surface area contributed by atoms with Gasteiger partial charge in [-0.15, -0.1) is 0 Å². The molecule has 1 fully saturated rings. The van der Waals surface area contributed by atoms with E-state index >= 15 is 0 Å². The van der Waals surface area contributed by atoms with Crippen LogP contribution in [0.3, 0.4) is 0 Å². The lowest BCUT2D eigenvalue weighted by atomic mass is 10.1. The number of rotatable bonds is 6. The van der Waals surface area contributed by atoms with E-state index in [-0.39, 0.29) is 12.0 Å². The number of methoxy groups -OCH3 is 1. The summed E-state index contributed by atoms with van der Waals surface area (Å²) < 4.78 is 5.36. The number of aryl methyl sites for hydroxylation is 1. The minimum atomic E-state index is 0.127. The number of hydrogen-bond donors (Lipinski definition) is 2. The van der Waals surface area contributed by atoms with Crippen LogP contribution in [-0.4, -0.2) is 25.4 Å². The number of benzene rings is 1. The van der Waals surface area contributed by atoms with Crippen LogP contribution >= 0.6 is 11.6 Å². The molecule has 1 aliphatic rings. The molecule has 0 amide bonds. The number of aliphatic hydroxyl groups is 1. The van der Waals surface area contributed by atoms with E-state index in [1.54, 1.807) is 7.11 Å². The highest BCUT2D eigenvalue weighted by Gasteiger charge is 2.41. The van der Waals surface area contributed by atoms with Gasteiger partial charge in [-0.25, -0.2) is 0 Å². The molecule has 2 N–H and O–H groups in total. The molecule has 0 atom stereocenters. The number of ether oxygens (including phenoxy) is 1. The van der Waals surface area contributed by atoms with Gasteiger partial charge in [-0.1, -0.05) is 11.6 Å². The molecular formula is C14H20ClNO2. The Morgan fingerprint density at radius 2 is 2.17 bits per heavy atom. The summed E-state index contributed by atoms with van der Waals surface area (Å²) in [6.07, 6.45) is 2.23. The van der Waals surface area contributed by atoms with Gasteiger partial charge in [0.05, 0.1) is 7.11 Å². The van der Waals surface area contributed by atoms with Crippen LogP contribution in [0.1, 0.15) is 24.0 Å². The van der Waals surface area contributed by atoms with Gasteiger partial charge in [-0.3, -0.25) is 0 Å². The second-order valence-electron chi connectivity index (χ2n) is 5.17. The molecule has 3 nitrogen and oxygen atoms in total. The van der Waals surface area contributed by atoms with Crippen LogP contribution in [0.2, 0.25) is 5.02 Å². The molecule has 0 aliphatic heterocycles. The molecule has 100 valence electrons. The average molecular weight is 270 g/mol. The summed E-state index contributed by atoms with van der Waals surface area (Å²) in [4.78, 5) is 0. The summed E-state index contributed by atoms with van der Waals surface area (Å²) in [5, 5.41) is 13.4. The minimum Gasteiger partial charge on any atom is -0.496 e. The van der Waals surface area contributed by atoms with E-state index < -0.39 is 0 Å². The van der Waals surface area contributed by atoms with Gasteiger partial charge in [0.15, 0.2) is 0 Å². The predicted octanol–water partition coefficient (Wildman–Crippen LogP) is 2.52. The van der Waals surface area contributed by atoms with Crippen molar-refractivity contribution in [3.63, 3.8) is 0 Å². The van der Waals surface area contributed by atoms with Gasteiger partial charge < -0.3 is 15.2 Å². The average Bonchev–Trinajstić information content (AvgIpc) is 3.14. The Morgan fingerprint density at radius 1 is 1.44 bits per heavy atom. The van der Waals surface area contributed by atoms with Crippen molar-refractivity contribution < 1.29 is 9.84 Å². The number of aliphatic hydroxyl groups excluding tert-OH is 1. The SMILES string of the molecule is COc1cc(C)c(Cl)cc1CNCC1(CO)CC1. The minimum absolute atomic E-state index is 0.127. The van der Waals surface area contributed by atoms with Crippen molar-refractivity contribution in [2.75, 3.05) is 20.3 Å². The molecule has 0 unspecified atom stereocenters. The molecule has 0 spiro atoms. The number of nitrogens with one attached hydrogen (secondary N) is 1. The predicted molar refractivity (Wildman–Crippen MR) is 73.2 cm³/mol. The Kier molecular flexibility index (Phi) is 4.15. The molecule has 1 aliphatic carbocycles. The van der Waals surface area contributed by atoms with Gasteiger partial charge in [0, 0.05) is 35.7 Å². The highest BCUT2D eigenvalue weighted by atomic mass is 35.5. The van der Waals surface area contributed by atoms with Gasteiger partial charge in [-0.2, -0.15) is 0 Å². The number of halogens is 1. The van der Waals surface area contributed by atoms with Crippen LogP contribution in [0.4, 0.5) is 0 Å². The van der Waals surface area contributed by atoms with Gasteiger partial charge in [0.1, 0.15) is 5.75 Å². The Hall–Kier alpha value is -0.770. The van der Waals surface area contributed by atoms with Gasteiger partial charge >= 0.3 is 0 Å². The maximum absolute atomic E-state index is 9.25. The molecular weight excluding hydrogens is 250 g/mol. The third-order valence-electron chi connectivity index (χ3n) is 3.67. The third kappa shape index (κ3) is 2.97. The van der Waals surface area contributed by atoms with Gasteiger partial charge in [0.25, 0.3) is 0 Å². The zero-order valence-corrected chi connectivity index (χ0v) is 11.7. The fourth-order valence-corrected chi connectivity index (χ4v) is 2.24. The van der Waals surface area contributed by atoms with Crippen molar-refractivity contribution >= 4 is 11.6 Å². The van der Waals surface area contributed by atoms with E-state index in [0.717, 1.165) is 41.3 Å². The Balaban J connectivity index is 1.98. The van der Waals surface area contributed by atoms with Crippen molar-refractivity contribution in [2.24, 2.45) is 5.41 Å². The summed E-state index contributed by atoms with van der Waals surface area (Å²) in [6, 6.07) is 3.90. The molecule has 0 aromatic heterocycles. The second-order valence-corrected chi connectivity index (χ2v) is 5.58. The molecule has 4 heteroatoms. The monoisotopic (exact) mass is 269 g/mol. The first-order valence-electron chi connectivity index (χ1n) is 6.25. The van der Waals surface area contributed by atoms with Crippen LogP contribution in [-0.2, 0) is 6.54 Å². The largest absolute Gasteiger partial charge is 0.496 e. The van der Waals surface area contributed by atoms with Crippen molar-refractivity contribution in [3.8, 4) is 5.75 Å². The summed E-state index contributed by atoms with van der Waals surface area (Å²) in [5.74, 6) is 0.859. The third-order valence-corrected chi connectivity index (χ3v) is 4.08. The van der Waals surface area contributed by atoms with Crippen molar-refractivity contribution in [2.45, 2.75) is 26.3 Å². The molecule has 0 saturated heterocycles. The lowest BCUT2D eigenvalue weighted by molar-refractivity contribution is 0.207. The van der Waals surface area contributed by atoms with Crippen LogP contribution in [0.15, 0.2) is 12.1 Å². The zero-order chi connectivity index (χ0) is 13.2. The Bertz CT molecular complexity index is 430. The first-order valence-corrected chi connectivity index (χ1v) is 6.63. The fraction of sp³-hybridized carbons (Fsp3) is 0.571. The maximum atomic E-state index is 9.25. The summed E-state index contributed by atoms with van der Waals surface area (Å²) in [7, 11) is 1.67. The molecule has 18 heavy (non-hydrogen) atoms. The van der Waals surface area contributed by atoms with E-state index in [1.165, 1.54) is 0 Å². The van der Waals surface area contributed by atoms with Gasteiger partial charge in [0.2, 0.25) is 0 Å². The summed E-state index contributed by atoms with van der Waals surface area (Å²) >= 11 is 6.13. The second kappa shape index (κ2) is 5.47. The van der Waals surface area contributed by atoms with Crippen LogP contribution < -0.4 is 10.1 Å². The van der Waals surface area contributed by atoms with Crippen LogP contribution in [0.25, 0.3) is 0 Å². The van der Waals surface area contributed by atoms with Gasteiger partial charge in [-0.05, 0) is 37.5 Å². The van der Waals surface area contributed by atoms with E-state index in [2.05, 4.69) is 5.32 Å². The molecule has 2 rings (SSSR count). The van der Waals surface area contributed by atoms with Crippen LogP contribution in [0.5, 0.6) is 5.75 Å².